The summed E-state index contributed by atoms with van der Waals surface area (Å²) in [5.74, 6) is 6.26. The zero-order valence-corrected chi connectivity index (χ0v) is 14.1. The fraction of sp³-hybridized carbons (Fsp3) is 0.467. The molecule has 1 atom stereocenters. The Labute approximate surface area is 131 Å². The average Bonchev–Trinajstić information content (AvgIpc) is 2.43. The fourth-order valence-electron chi connectivity index (χ4n) is 1.76. The molecule has 0 saturated carbocycles. The van der Waals surface area contributed by atoms with Gasteiger partial charge in [-0.3, -0.25) is 0 Å². The van der Waals surface area contributed by atoms with Crippen LogP contribution in [0.3, 0.4) is 0 Å². The summed E-state index contributed by atoms with van der Waals surface area (Å²) in [7, 11) is -3.51. The molecule has 0 aliphatic carbocycles. The SMILES string of the molecule is CSCCC(C)NS(=O)(=O)c1ccc(C#CCO)c(C)c1. The quantitative estimate of drug-likeness (QED) is 0.781. The first-order valence-electron chi connectivity index (χ1n) is 6.62. The summed E-state index contributed by atoms with van der Waals surface area (Å²) < 4.78 is 27.3. The molecule has 0 aliphatic rings. The largest absolute Gasteiger partial charge is 0.384 e. The lowest BCUT2D eigenvalue weighted by Gasteiger charge is -2.14. The lowest BCUT2D eigenvalue weighted by atomic mass is 10.1. The minimum atomic E-state index is -3.51. The van der Waals surface area contributed by atoms with E-state index in [9.17, 15) is 8.42 Å². The summed E-state index contributed by atoms with van der Waals surface area (Å²) >= 11 is 1.69. The third kappa shape index (κ3) is 5.71. The van der Waals surface area contributed by atoms with Crippen molar-refractivity contribution in [3.8, 4) is 11.8 Å². The average molecular weight is 327 g/mol. The number of thioether (sulfide) groups is 1. The summed E-state index contributed by atoms with van der Waals surface area (Å²) in [5, 5.41) is 8.69. The number of sulfonamides is 1. The summed E-state index contributed by atoms with van der Waals surface area (Å²) in [6, 6.07) is 4.71. The van der Waals surface area contributed by atoms with E-state index >= 15 is 0 Å². The van der Waals surface area contributed by atoms with Crippen LogP contribution in [0.1, 0.15) is 24.5 Å². The van der Waals surface area contributed by atoms with E-state index in [2.05, 4.69) is 16.6 Å². The van der Waals surface area contributed by atoms with Crippen LogP contribution in [-0.4, -0.2) is 38.2 Å². The normalized spacial score (nSPS) is 12.6. The van der Waals surface area contributed by atoms with Crippen molar-refractivity contribution >= 4 is 21.8 Å². The molecule has 116 valence electrons. The van der Waals surface area contributed by atoms with Crippen LogP contribution in [0.4, 0.5) is 0 Å². The topological polar surface area (TPSA) is 66.4 Å². The molecule has 0 bridgehead atoms. The van der Waals surface area contributed by atoms with Crippen molar-refractivity contribution in [3.05, 3.63) is 29.3 Å². The molecule has 0 spiro atoms. The maximum Gasteiger partial charge on any atom is 0.240 e. The first kappa shape index (κ1) is 18.1. The van der Waals surface area contributed by atoms with Crippen LogP contribution >= 0.6 is 11.8 Å². The number of rotatable bonds is 6. The van der Waals surface area contributed by atoms with E-state index in [1.165, 1.54) is 6.07 Å². The zero-order chi connectivity index (χ0) is 15.9. The second-order valence-corrected chi connectivity index (χ2v) is 7.44. The third-order valence-electron chi connectivity index (χ3n) is 2.92. The van der Waals surface area contributed by atoms with Gasteiger partial charge in [-0.15, -0.1) is 0 Å². The van der Waals surface area contributed by atoms with Crippen molar-refractivity contribution < 1.29 is 13.5 Å². The van der Waals surface area contributed by atoms with E-state index in [1.807, 2.05) is 13.2 Å². The molecule has 1 unspecified atom stereocenters. The number of aliphatic hydroxyl groups is 1. The molecule has 6 heteroatoms. The van der Waals surface area contributed by atoms with Crippen LogP contribution < -0.4 is 4.72 Å². The lowest BCUT2D eigenvalue weighted by molar-refractivity contribution is 0.350. The molecule has 0 amide bonds. The Kier molecular flexibility index (Phi) is 7.26. The van der Waals surface area contributed by atoms with Gasteiger partial charge in [-0.1, -0.05) is 11.8 Å². The Hall–Kier alpha value is -1.00. The van der Waals surface area contributed by atoms with Gasteiger partial charge >= 0.3 is 0 Å². The highest BCUT2D eigenvalue weighted by atomic mass is 32.2. The van der Waals surface area contributed by atoms with E-state index in [0.29, 0.717) is 0 Å². The van der Waals surface area contributed by atoms with Gasteiger partial charge in [0.25, 0.3) is 0 Å². The highest BCUT2D eigenvalue weighted by molar-refractivity contribution is 7.98. The summed E-state index contributed by atoms with van der Waals surface area (Å²) in [4.78, 5) is 0.241. The van der Waals surface area contributed by atoms with E-state index in [0.717, 1.165) is 23.3 Å². The molecule has 21 heavy (non-hydrogen) atoms. The predicted molar refractivity (Wildman–Crippen MR) is 87.9 cm³/mol. The second-order valence-electron chi connectivity index (χ2n) is 4.74. The van der Waals surface area contributed by atoms with Gasteiger partial charge in [0.15, 0.2) is 0 Å². The molecular formula is C15H21NO3S2. The number of hydrogen-bond acceptors (Lipinski definition) is 4. The van der Waals surface area contributed by atoms with Crippen LogP contribution in [0.25, 0.3) is 0 Å². The Morgan fingerprint density at radius 2 is 2.14 bits per heavy atom. The molecule has 0 heterocycles. The van der Waals surface area contributed by atoms with Crippen LogP contribution in [-0.2, 0) is 10.0 Å². The van der Waals surface area contributed by atoms with Crippen LogP contribution in [0.5, 0.6) is 0 Å². The molecule has 4 nitrogen and oxygen atoms in total. The van der Waals surface area contributed by atoms with Crippen molar-refractivity contribution in [1.29, 1.82) is 0 Å². The Balaban J connectivity index is 2.91. The number of nitrogens with one attached hydrogen (secondary N) is 1. The molecule has 0 fully saturated rings. The molecule has 0 aromatic heterocycles. The van der Waals surface area contributed by atoms with Crippen LogP contribution in [0.15, 0.2) is 23.1 Å². The van der Waals surface area contributed by atoms with Crippen molar-refractivity contribution in [2.24, 2.45) is 0 Å². The van der Waals surface area contributed by atoms with Gasteiger partial charge < -0.3 is 5.11 Å². The van der Waals surface area contributed by atoms with Crippen molar-refractivity contribution in [2.75, 3.05) is 18.6 Å². The Morgan fingerprint density at radius 1 is 1.43 bits per heavy atom. The van der Waals surface area contributed by atoms with Crippen molar-refractivity contribution in [2.45, 2.75) is 31.2 Å². The molecule has 0 radical (unpaired) electrons. The predicted octanol–water partition coefficient (Wildman–Crippen LogP) is 1.76. The first-order valence-corrected chi connectivity index (χ1v) is 9.50. The van der Waals surface area contributed by atoms with E-state index in [4.69, 9.17) is 5.11 Å². The highest BCUT2D eigenvalue weighted by Gasteiger charge is 2.17. The van der Waals surface area contributed by atoms with Gasteiger partial charge in [-0.05, 0) is 56.0 Å². The number of hydrogen-bond donors (Lipinski definition) is 2. The number of aliphatic hydroxyl groups excluding tert-OH is 1. The number of aryl methyl sites for hydroxylation is 1. The zero-order valence-electron chi connectivity index (χ0n) is 12.5. The van der Waals surface area contributed by atoms with E-state index in [1.54, 1.807) is 30.8 Å². The molecule has 1 aromatic rings. The van der Waals surface area contributed by atoms with E-state index in [-0.39, 0.29) is 17.5 Å². The number of benzene rings is 1. The fourth-order valence-corrected chi connectivity index (χ4v) is 3.72. The molecule has 0 aliphatic heterocycles. The Morgan fingerprint density at radius 3 is 2.71 bits per heavy atom. The summed E-state index contributed by atoms with van der Waals surface area (Å²) in [5.41, 5.74) is 1.49. The molecule has 1 rings (SSSR count). The maximum absolute atomic E-state index is 12.3. The van der Waals surface area contributed by atoms with Crippen LogP contribution in [0, 0.1) is 18.8 Å². The monoisotopic (exact) mass is 327 g/mol. The summed E-state index contributed by atoms with van der Waals surface area (Å²) in [6.45, 7) is 3.45. The highest BCUT2D eigenvalue weighted by Crippen LogP contribution is 2.15. The van der Waals surface area contributed by atoms with Gasteiger partial charge in [-0.2, -0.15) is 11.8 Å². The Bertz CT molecular complexity index is 630. The van der Waals surface area contributed by atoms with Crippen molar-refractivity contribution in [1.82, 2.24) is 4.72 Å². The van der Waals surface area contributed by atoms with Gasteiger partial charge in [0.05, 0.1) is 4.90 Å². The molecule has 0 saturated heterocycles. The van der Waals surface area contributed by atoms with Gasteiger partial charge in [0, 0.05) is 11.6 Å². The molecule has 2 N–H and O–H groups in total. The van der Waals surface area contributed by atoms with Gasteiger partial charge in [0.1, 0.15) is 6.61 Å². The minimum absolute atomic E-state index is 0.100. The van der Waals surface area contributed by atoms with Crippen molar-refractivity contribution in [3.63, 3.8) is 0 Å². The van der Waals surface area contributed by atoms with Crippen LogP contribution in [0.2, 0.25) is 0 Å². The molecular weight excluding hydrogens is 306 g/mol. The van der Waals surface area contributed by atoms with Gasteiger partial charge in [-0.25, -0.2) is 13.1 Å². The maximum atomic E-state index is 12.3. The minimum Gasteiger partial charge on any atom is -0.384 e. The van der Waals surface area contributed by atoms with Gasteiger partial charge in [0.2, 0.25) is 10.0 Å². The second kappa shape index (κ2) is 8.44. The molecule has 1 aromatic carbocycles. The standard InChI is InChI=1S/C15H21NO3S2/c1-12-11-15(7-6-14(12)5-4-9-17)21(18,19)16-13(2)8-10-20-3/h6-7,11,13,16-17H,8-10H2,1-3H3. The smallest absolute Gasteiger partial charge is 0.240 e. The summed E-state index contributed by atoms with van der Waals surface area (Å²) in [6.07, 6.45) is 2.79. The third-order valence-corrected chi connectivity index (χ3v) is 5.15. The first-order chi connectivity index (χ1) is 9.90. The van der Waals surface area contributed by atoms with E-state index < -0.39 is 10.0 Å². The lowest BCUT2D eigenvalue weighted by Crippen LogP contribution is -2.33.